The molecule has 0 bridgehead atoms. The summed E-state index contributed by atoms with van der Waals surface area (Å²) in [6, 6.07) is 0.790. The van der Waals surface area contributed by atoms with Gasteiger partial charge < -0.3 is 15.5 Å². The van der Waals surface area contributed by atoms with E-state index in [1.165, 1.54) is 58.2 Å². The van der Waals surface area contributed by atoms with Gasteiger partial charge in [-0.1, -0.05) is 13.3 Å². The fraction of sp³-hybridized carbons (Fsp3) is 0.944. The molecule has 2 fully saturated rings. The van der Waals surface area contributed by atoms with Crippen LogP contribution in [0.1, 0.15) is 45.4 Å². The summed E-state index contributed by atoms with van der Waals surface area (Å²) >= 11 is 0. The van der Waals surface area contributed by atoms with Crippen LogP contribution in [0.5, 0.6) is 0 Å². The van der Waals surface area contributed by atoms with Gasteiger partial charge in [0.05, 0.1) is 0 Å². The number of aliphatic imine (C=N–C) groups is 1. The average molecular weight is 451 g/mol. The zero-order valence-corrected chi connectivity index (χ0v) is 18.2. The lowest BCUT2D eigenvalue weighted by atomic mass is 9.99. The Kier molecular flexibility index (Phi) is 11.3. The van der Waals surface area contributed by atoms with Crippen LogP contribution in [0.4, 0.5) is 0 Å². The molecule has 0 aromatic rings. The molecule has 0 radical (unpaired) electrons. The van der Waals surface area contributed by atoms with Crippen molar-refractivity contribution in [3.8, 4) is 0 Å². The number of likely N-dealkylation sites (tertiary alicyclic amines) is 2. The normalized spacial score (nSPS) is 26.7. The van der Waals surface area contributed by atoms with Gasteiger partial charge in [-0.05, 0) is 58.2 Å². The van der Waals surface area contributed by atoms with Crippen molar-refractivity contribution >= 4 is 29.9 Å². The number of halogens is 1. The van der Waals surface area contributed by atoms with Gasteiger partial charge in [-0.25, -0.2) is 0 Å². The quantitative estimate of drug-likeness (QED) is 0.370. The van der Waals surface area contributed by atoms with E-state index < -0.39 is 0 Å². The Bertz CT molecular complexity index is 363. The highest BCUT2D eigenvalue weighted by Gasteiger charge is 2.20. The van der Waals surface area contributed by atoms with Crippen LogP contribution in [-0.2, 0) is 0 Å². The lowest BCUT2D eigenvalue weighted by molar-refractivity contribution is 0.147. The second-order valence-electron chi connectivity index (χ2n) is 7.24. The highest BCUT2D eigenvalue weighted by molar-refractivity contribution is 14.0. The van der Waals surface area contributed by atoms with E-state index in [0.29, 0.717) is 0 Å². The third kappa shape index (κ3) is 7.44. The molecule has 142 valence electrons. The second-order valence-corrected chi connectivity index (χ2v) is 7.24. The summed E-state index contributed by atoms with van der Waals surface area (Å²) in [6.45, 7) is 9.18. The lowest BCUT2D eigenvalue weighted by Gasteiger charge is -2.35. The van der Waals surface area contributed by atoms with E-state index in [2.05, 4.69) is 39.4 Å². The van der Waals surface area contributed by atoms with Gasteiger partial charge in [-0.15, -0.1) is 24.0 Å². The van der Waals surface area contributed by atoms with E-state index in [9.17, 15) is 0 Å². The van der Waals surface area contributed by atoms with Crippen molar-refractivity contribution in [1.29, 1.82) is 0 Å². The van der Waals surface area contributed by atoms with Gasteiger partial charge in [0, 0.05) is 39.3 Å². The molecular formula is C18H38IN5. The van der Waals surface area contributed by atoms with Crippen LogP contribution in [0, 0.1) is 5.92 Å². The lowest BCUT2D eigenvalue weighted by Crippen LogP contribution is -2.47. The van der Waals surface area contributed by atoms with E-state index in [1.807, 2.05) is 7.05 Å². The number of rotatable bonds is 6. The van der Waals surface area contributed by atoms with Crippen molar-refractivity contribution in [3.05, 3.63) is 0 Å². The summed E-state index contributed by atoms with van der Waals surface area (Å²) in [7, 11) is 4.10. The molecule has 2 aliphatic rings. The van der Waals surface area contributed by atoms with Crippen molar-refractivity contribution in [2.45, 2.75) is 51.5 Å². The number of nitrogens with one attached hydrogen (secondary N) is 2. The summed E-state index contributed by atoms with van der Waals surface area (Å²) in [4.78, 5) is 9.47. The Labute approximate surface area is 166 Å². The summed E-state index contributed by atoms with van der Waals surface area (Å²) in [6.07, 6.45) is 8.07. The van der Waals surface area contributed by atoms with Crippen molar-refractivity contribution < 1.29 is 0 Å². The number of piperidine rings is 2. The van der Waals surface area contributed by atoms with E-state index in [1.54, 1.807) is 0 Å². The molecule has 2 heterocycles. The number of guanidine groups is 1. The van der Waals surface area contributed by atoms with Crippen LogP contribution in [-0.4, -0.2) is 75.2 Å². The van der Waals surface area contributed by atoms with Crippen molar-refractivity contribution in [2.24, 2.45) is 10.9 Å². The van der Waals surface area contributed by atoms with Crippen LogP contribution in [0.2, 0.25) is 0 Å². The van der Waals surface area contributed by atoms with Crippen molar-refractivity contribution in [3.63, 3.8) is 0 Å². The Morgan fingerprint density at radius 3 is 2.67 bits per heavy atom. The molecular weight excluding hydrogens is 413 g/mol. The molecule has 2 rings (SSSR count). The number of nitrogens with zero attached hydrogens (tertiary/aromatic N) is 3. The maximum atomic E-state index is 4.38. The molecule has 0 amide bonds. The summed E-state index contributed by atoms with van der Waals surface area (Å²) in [5, 5.41) is 7.01. The largest absolute Gasteiger partial charge is 0.356 e. The van der Waals surface area contributed by atoms with Gasteiger partial charge in [0.2, 0.25) is 0 Å². The number of hydrogen-bond donors (Lipinski definition) is 2. The van der Waals surface area contributed by atoms with E-state index in [4.69, 9.17) is 0 Å². The minimum Gasteiger partial charge on any atom is -0.356 e. The fourth-order valence-corrected chi connectivity index (χ4v) is 4.04. The molecule has 24 heavy (non-hydrogen) atoms. The molecule has 2 aliphatic heterocycles. The van der Waals surface area contributed by atoms with Gasteiger partial charge in [-0.3, -0.25) is 9.89 Å². The van der Waals surface area contributed by atoms with Crippen LogP contribution >= 0.6 is 24.0 Å². The zero-order valence-electron chi connectivity index (χ0n) is 15.9. The maximum Gasteiger partial charge on any atom is 0.191 e. The average Bonchev–Trinajstić information content (AvgIpc) is 2.58. The van der Waals surface area contributed by atoms with Crippen molar-refractivity contribution in [2.75, 3.05) is 53.4 Å². The van der Waals surface area contributed by atoms with Gasteiger partial charge in [0.25, 0.3) is 0 Å². The molecule has 0 aromatic carbocycles. The molecule has 2 N–H and O–H groups in total. The van der Waals surface area contributed by atoms with Crippen molar-refractivity contribution in [1.82, 2.24) is 20.4 Å². The van der Waals surface area contributed by atoms with E-state index >= 15 is 0 Å². The molecule has 5 nitrogen and oxygen atoms in total. The predicted molar refractivity (Wildman–Crippen MR) is 115 cm³/mol. The SMILES string of the molecule is CCC1CCCCN1CCNC(=NC)NCC1CCCN(C)C1.I. The van der Waals surface area contributed by atoms with Gasteiger partial charge in [-0.2, -0.15) is 0 Å². The van der Waals surface area contributed by atoms with Gasteiger partial charge in [0.15, 0.2) is 5.96 Å². The zero-order chi connectivity index (χ0) is 16.5. The topological polar surface area (TPSA) is 42.9 Å². The minimum absolute atomic E-state index is 0. The van der Waals surface area contributed by atoms with Gasteiger partial charge >= 0.3 is 0 Å². The Hall–Kier alpha value is -0.0800. The molecule has 2 unspecified atom stereocenters. The first-order valence-corrected chi connectivity index (χ1v) is 9.60. The Morgan fingerprint density at radius 2 is 1.96 bits per heavy atom. The maximum absolute atomic E-state index is 4.38. The van der Waals surface area contributed by atoms with E-state index in [0.717, 1.165) is 37.6 Å². The van der Waals surface area contributed by atoms with Crippen LogP contribution < -0.4 is 10.6 Å². The smallest absolute Gasteiger partial charge is 0.191 e. The molecule has 0 aliphatic carbocycles. The highest BCUT2D eigenvalue weighted by atomic mass is 127. The first-order chi connectivity index (χ1) is 11.2. The number of hydrogen-bond acceptors (Lipinski definition) is 3. The van der Waals surface area contributed by atoms with Gasteiger partial charge in [0.1, 0.15) is 0 Å². The molecule has 0 spiro atoms. The van der Waals surface area contributed by atoms with Crippen LogP contribution in [0.25, 0.3) is 0 Å². The standard InChI is InChI=1S/C18H37N5.HI/c1-4-17-9-5-6-12-23(17)13-10-20-18(19-2)21-14-16-8-7-11-22(3)15-16;/h16-17H,4-15H2,1-3H3,(H2,19,20,21);1H. The molecule has 2 saturated heterocycles. The highest BCUT2D eigenvalue weighted by Crippen LogP contribution is 2.18. The van der Waals surface area contributed by atoms with Crippen LogP contribution in [0.3, 0.4) is 0 Å². The third-order valence-electron chi connectivity index (χ3n) is 5.42. The van der Waals surface area contributed by atoms with Crippen LogP contribution in [0.15, 0.2) is 4.99 Å². The molecule has 6 heteroatoms. The van der Waals surface area contributed by atoms with E-state index in [-0.39, 0.29) is 24.0 Å². The monoisotopic (exact) mass is 451 g/mol. The third-order valence-corrected chi connectivity index (χ3v) is 5.42. The summed E-state index contributed by atoms with van der Waals surface area (Å²) in [5.41, 5.74) is 0. The Morgan fingerprint density at radius 1 is 1.12 bits per heavy atom. The summed E-state index contributed by atoms with van der Waals surface area (Å²) in [5.74, 6) is 1.71. The minimum atomic E-state index is 0. The molecule has 0 saturated carbocycles. The summed E-state index contributed by atoms with van der Waals surface area (Å²) < 4.78 is 0. The molecule has 0 aromatic heterocycles. The fourth-order valence-electron chi connectivity index (χ4n) is 4.04. The Balaban J connectivity index is 0.00000288. The predicted octanol–water partition coefficient (Wildman–Crippen LogP) is 2.38. The second kappa shape index (κ2) is 12.3. The molecule has 2 atom stereocenters. The first-order valence-electron chi connectivity index (χ1n) is 9.60. The first kappa shape index (κ1) is 22.0.